The molecule has 31 heavy (non-hydrogen) atoms. The molecule has 0 saturated carbocycles. The molecular formula is C25H27N3O2S. The van der Waals surface area contributed by atoms with E-state index in [1.807, 2.05) is 32.0 Å². The normalized spacial score (nSPS) is 11.3. The zero-order chi connectivity index (χ0) is 22.1. The third kappa shape index (κ3) is 4.39. The lowest BCUT2D eigenvalue weighted by Crippen LogP contribution is -2.07. The smallest absolute Gasteiger partial charge is 0.311 e. The van der Waals surface area contributed by atoms with E-state index in [2.05, 4.69) is 48.5 Å². The standard InChI is InChI=1S/C25H27N3O2S/c1-6-28-18(5)27-21-12-19(8-10-22(21)28)14-30-24(29)13-23-17(4)26-25(31-23)20-9-7-15(2)11-16(20)3/h7-12H,6,13-14H2,1-5H3. The molecule has 0 amide bonds. The fourth-order valence-electron chi connectivity index (χ4n) is 3.89. The molecule has 2 aromatic carbocycles. The zero-order valence-corrected chi connectivity index (χ0v) is 19.5. The summed E-state index contributed by atoms with van der Waals surface area (Å²) in [4.78, 5) is 22.8. The van der Waals surface area contributed by atoms with Crippen LogP contribution >= 0.6 is 11.3 Å². The number of benzene rings is 2. The minimum atomic E-state index is -0.241. The van der Waals surface area contributed by atoms with Crippen LogP contribution in [0, 0.1) is 27.7 Å². The number of aromatic nitrogens is 3. The van der Waals surface area contributed by atoms with Crippen molar-refractivity contribution in [3.05, 3.63) is 69.5 Å². The number of aryl methyl sites for hydroxylation is 5. The molecule has 0 aliphatic carbocycles. The molecule has 0 radical (unpaired) electrons. The molecule has 0 saturated heterocycles. The number of esters is 1. The highest BCUT2D eigenvalue weighted by atomic mass is 32.1. The molecule has 0 bridgehead atoms. The van der Waals surface area contributed by atoms with E-state index in [-0.39, 0.29) is 19.0 Å². The molecular weight excluding hydrogens is 406 g/mol. The largest absolute Gasteiger partial charge is 0.461 e. The van der Waals surface area contributed by atoms with Gasteiger partial charge in [0.25, 0.3) is 0 Å². The van der Waals surface area contributed by atoms with Gasteiger partial charge in [-0.05, 0) is 57.9 Å². The van der Waals surface area contributed by atoms with E-state index in [0.717, 1.165) is 50.1 Å². The average molecular weight is 434 g/mol. The van der Waals surface area contributed by atoms with E-state index in [1.54, 1.807) is 11.3 Å². The number of carbonyl (C=O) groups excluding carboxylic acids is 1. The fraction of sp³-hybridized carbons (Fsp3) is 0.320. The van der Waals surface area contributed by atoms with Gasteiger partial charge < -0.3 is 9.30 Å². The van der Waals surface area contributed by atoms with Crippen molar-refractivity contribution >= 4 is 28.3 Å². The number of imidazole rings is 1. The Balaban J connectivity index is 1.43. The molecule has 2 heterocycles. The van der Waals surface area contributed by atoms with Crippen LogP contribution < -0.4 is 0 Å². The molecule has 4 aromatic rings. The van der Waals surface area contributed by atoms with Gasteiger partial charge in [0, 0.05) is 17.0 Å². The topological polar surface area (TPSA) is 57.0 Å². The minimum absolute atomic E-state index is 0.236. The van der Waals surface area contributed by atoms with Crippen LogP contribution in [0.1, 0.15) is 40.0 Å². The maximum Gasteiger partial charge on any atom is 0.311 e. The molecule has 4 rings (SSSR count). The molecule has 5 nitrogen and oxygen atoms in total. The van der Waals surface area contributed by atoms with Gasteiger partial charge in [-0.2, -0.15) is 0 Å². The molecule has 160 valence electrons. The Hall–Kier alpha value is -2.99. The van der Waals surface area contributed by atoms with E-state index < -0.39 is 0 Å². The fourth-order valence-corrected chi connectivity index (χ4v) is 5.03. The summed E-state index contributed by atoms with van der Waals surface area (Å²) in [6, 6.07) is 12.4. The van der Waals surface area contributed by atoms with Gasteiger partial charge in [0.05, 0.1) is 23.1 Å². The summed E-state index contributed by atoms with van der Waals surface area (Å²) in [6.07, 6.45) is 0.236. The van der Waals surface area contributed by atoms with Crippen molar-refractivity contribution in [1.29, 1.82) is 0 Å². The molecule has 0 atom stereocenters. The number of fused-ring (bicyclic) bond motifs is 1. The Kier molecular flexibility index (Phi) is 5.92. The van der Waals surface area contributed by atoms with Gasteiger partial charge in [0.2, 0.25) is 0 Å². The van der Waals surface area contributed by atoms with Crippen LogP contribution in [0.2, 0.25) is 0 Å². The average Bonchev–Trinajstić information content (AvgIpc) is 3.24. The van der Waals surface area contributed by atoms with Gasteiger partial charge in [-0.3, -0.25) is 4.79 Å². The molecule has 0 aliphatic rings. The third-order valence-corrected chi connectivity index (χ3v) is 6.72. The summed E-state index contributed by atoms with van der Waals surface area (Å²) < 4.78 is 7.73. The first-order valence-corrected chi connectivity index (χ1v) is 11.3. The summed E-state index contributed by atoms with van der Waals surface area (Å²) in [5.41, 5.74) is 7.41. The molecule has 0 fully saturated rings. The quantitative estimate of drug-likeness (QED) is 0.366. The van der Waals surface area contributed by atoms with E-state index >= 15 is 0 Å². The summed E-state index contributed by atoms with van der Waals surface area (Å²) in [6.45, 7) is 11.4. The van der Waals surface area contributed by atoms with Crippen molar-refractivity contribution in [2.45, 2.75) is 54.2 Å². The van der Waals surface area contributed by atoms with Crippen LogP contribution in [0.4, 0.5) is 0 Å². The Labute approximate surface area is 186 Å². The SMILES string of the molecule is CCn1c(C)nc2cc(COC(=O)Cc3sc(-c4ccc(C)cc4C)nc3C)ccc21. The number of hydrogen-bond donors (Lipinski definition) is 0. The first-order chi connectivity index (χ1) is 14.9. The lowest BCUT2D eigenvalue weighted by atomic mass is 10.1. The van der Waals surface area contributed by atoms with E-state index in [1.165, 1.54) is 11.1 Å². The molecule has 0 aliphatic heterocycles. The summed E-state index contributed by atoms with van der Waals surface area (Å²) in [5.74, 6) is 0.751. The van der Waals surface area contributed by atoms with Crippen LogP contribution in [0.25, 0.3) is 21.6 Å². The maximum absolute atomic E-state index is 12.5. The van der Waals surface area contributed by atoms with Crippen LogP contribution in [-0.4, -0.2) is 20.5 Å². The monoisotopic (exact) mass is 433 g/mol. The number of hydrogen-bond acceptors (Lipinski definition) is 5. The van der Waals surface area contributed by atoms with Crippen molar-refractivity contribution in [3.63, 3.8) is 0 Å². The molecule has 0 unspecified atom stereocenters. The van der Waals surface area contributed by atoms with Crippen molar-refractivity contribution < 1.29 is 9.53 Å². The molecule has 0 spiro atoms. The second-order valence-electron chi connectivity index (χ2n) is 7.91. The van der Waals surface area contributed by atoms with Crippen LogP contribution in [0.3, 0.4) is 0 Å². The lowest BCUT2D eigenvalue weighted by molar-refractivity contribution is -0.144. The molecule has 2 aromatic heterocycles. The van der Waals surface area contributed by atoms with Gasteiger partial charge >= 0.3 is 5.97 Å². The number of carbonyl (C=O) groups is 1. The highest BCUT2D eigenvalue weighted by Gasteiger charge is 2.15. The van der Waals surface area contributed by atoms with Gasteiger partial charge in [0.15, 0.2) is 0 Å². The first kappa shape index (κ1) is 21.2. The minimum Gasteiger partial charge on any atom is -0.461 e. The van der Waals surface area contributed by atoms with Gasteiger partial charge in [-0.25, -0.2) is 9.97 Å². The van der Waals surface area contributed by atoms with Crippen LogP contribution in [0.15, 0.2) is 36.4 Å². The number of nitrogens with zero attached hydrogens (tertiary/aromatic N) is 3. The number of rotatable bonds is 6. The van der Waals surface area contributed by atoms with Crippen molar-refractivity contribution in [1.82, 2.24) is 14.5 Å². The van der Waals surface area contributed by atoms with Crippen molar-refractivity contribution in [3.8, 4) is 10.6 Å². The molecule has 0 N–H and O–H groups in total. The van der Waals surface area contributed by atoms with Crippen LogP contribution in [0.5, 0.6) is 0 Å². The van der Waals surface area contributed by atoms with Gasteiger partial charge in [0.1, 0.15) is 17.4 Å². The number of ether oxygens (including phenoxy) is 1. The highest BCUT2D eigenvalue weighted by Crippen LogP contribution is 2.31. The number of thiazole rings is 1. The third-order valence-electron chi connectivity index (χ3n) is 5.53. The second kappa shape index (κ2) is 8.63. The van der Waals surface area contributed by atoms with Crippen molar-refractivity contribution in [2.75, 3.05) is 0 Å². The Bertz CT molecular complexity index is 1270. The Morgan fingerprint density at radius 1 is 1.06 bits per heavy atom. The first-order valence-electron chi connectivity index (χ1n) is 10.5. The Morgan fingerprint density at radius 2 is 1.87 bits per heavy atom. The van der Waals surface area contributed by atoms with Gasteiger partial charge in [-0.15, -0.1) is 11.3 Å². The van der Waals surface area contributed by atoms with E-state index in [9.17, 15) is 4.79 Å². The predicted octanol–water partition coefficient (Wildman–Crippen LogP) is 5.70. The lowest BCUT2D eigenvalue weighted by Gasteiger charge is -2.06. The highest BCUT2D eigenvalue weighted by molar-refractivity contribution is 7.15. The second-order valence-corrected chi connectivity index (χ2v) is 8.99. The summed E-state index contributed by atoms with van der Waals surface area (Å²) in [7, 11) is 0. The summed E-state index contributed by atoms with van der Waals surface area (Å²) >= 11 is 1.57. The molecule has 6 heteroatoms. The van der Waals surface area contributed by atoms with Gasteiger partial charge in [-0.1, -0.05) is 29.8 Å². The maximum atomic E-state index is 12.5. The zero-order valence-electron chi connectivity index (χ0n) is 18.7. The van der Waals surface area contributed by atoms with E-state index in [4.69, 9.17) is 9.72 Å². The van der Waals surface area contributed by atoms with Crippen molar-refractivity contribution in [2.24, 2.45) is 0 Å². The van der Waals surface area contributed by atoms with Crippen LogP contribution in [-0.2, 0) is 29.1 Å². The Morgan fingerprint density at radius 3 is 2.61 bits per heavy atom. The summed E-state index contributed by atoms with van der Waals surface area (Å²) in [5, 5.41) is 0.949. The van der Waals surface area contributed by atoms with E-state index in [0.29, 0.717) is 0 Å². The predicted molar refractivity (Wildman–Crippen MR) is 125 cm³/mol.